The van der Waals surface area contributed by atoms with E-state index in [1.54, 1.807) is 41.2 Å². The zero-order valence-corrected chi connectivity index (χ0v) is 18.3. The lowest BCUT2D eigenvalue weighted by molar-refractivity contribution is 0.0904. The van der Waals surface area contributed by atoms with Crippen LogP contribution in [0.1, 0.15) is 34.4 Å². The maximum absolute atomic E-state index is 12.5. The Balaban J connectivity index is 1.65. The Hall–Kier alpha value is -3.58. The van der Waals surface area contributed by atoms with Crippen LogP contribution in [0.2, 0.25) is 0 Å². The van der Waals surface area contributed by atoms with Gasteiger partial charge in [-0.1, -0.05) is 0 Å². The fourth-order valence-electron chi connectivity index (χ4n) is 3.62. The Bertz CT molecular complexity index is 1320. The third-order valence-electron chi connectivity index (χ3n) is 5.22. The third-order valence-corrected chi connectivity index (χ3v) is 5.49. The van der Waals surface area contributed by atoms with Crippen molar-refractivity contribution in [3.63, 3.8) is 0 Å². The molecule has 0 unspecified atom stereocenters. The monoisotopic (exact) mass is 451 g/mol. The van der Waals surface area contributed by atoms with Crippen molar-refractivity contribution in [1.82, 2.24) is 9.55 Å². The first-order valence-electron chi connectivity index (χ1n) is 10.2. The van der Waals surface area contributed by atoms with Gasteiger partial charge in [0.25, 0.3) is 5.91 Å². The molecule has 1 amide bonds. The van der Waals surface area contributed by atoms with Crippen LogP contribution in [0.15, 0.2) is 54.9 Å². The van der Waals surface area contributed by atoms with Crippen molar-refractivity contribution in [3.8, 4) is 17.2 Å². The van der Waals surface area contributed by atoms with Crippen LogP contribution in [0.3, 0.4) is 0 Å². The molecular formula is C24H22ClN3O4. The van der Waals surface area contributed by atoms with Crippen molar-refractivity contribution in [1.29, 1.82) is 0 Å². The van der Waals surface area contributed by atoms with Crippen molar-refractivity contribution in [3.05, 3.63) is 60.4 Å². The van der Waals surface area contributed by atoms with Crippen molar-refractivity contribution in [2.24, 2.45) is 5.73 Å². The highest BCUT2D eigenvalue weighted by Crippen LogP contribution is 2.34. The number of benzene rings is 2. The Morgan fingerprint density at radius 3 is 2.69 bits per heavy atom. The van der Waals surface area contributed by atoms with E-state index < -0.39 is 5.91 Å². The molecule has 164 valence electrons. The highest BCUT2D eigenvalue weighted by molar-refractivity contribution is 6.17. The summed E-state index contributed by atoms with van der Waals surface area (Å²) in [7, 11) is 1.47. The summed E-state index contributed by atoms with van der Waals surface area (Å²) >= 11 is 5.70. The first kappa shape index (κ1) is 21.6. The molecule has 32 heavy (non-hydrogen) atoms. The molecule has 7 nitrogen and oxygen atoms in total. The number of pyridine rings is 1. The summed E-state index contributed by atoms with van der Waals surface area (Å²) in [5.74, 6) is 1.46. The second-order valence-electron chi connectivity index (χ2n) is 7.29. The zero-order chi connectivity index (χ0) is 22.7. The smallest absolute Gasteiger partial charge is 0.252 e. The first-order chi connectivity index (χ1) is 15.5. The van der Waals surface area contributed by atoms with Crippen LogP contribution in [0, 0.1) is 0 Å². The van der Waals surface area contributed by atoms with Crippen molar-refractivity contribution in [2.45, 2.75) is 19.3 Å². The maximum Gasteiger partial charge on any atom is 0.252 e. The molecule has 2 aromatic carbocycles. The van der Waals surface area contributed by atoms with E-state index in [-0.39, 0.29) is 11.5 Å². The summed E-state index contributed by atoms with van der Waals surface area (Å²) in [6, 6.07) is 12.4. The van der Waals surface area contributed by atoms with Gasteiger partial charge < -0.3 is 15.2 Å². The molecule has 0 aliphatic heterocycles. The van der Waals surface area contributed by atoms with E-state index in [0.29, 0.717) is 40.5 Å². The van der Waals surface area contributed by atoms with Gasteiger partial charge in [0, 0.05) is 41.5 Å². The number of fused-ring (bicyclic) bond motifs is 2. The SMILES string of the molecule is COc1cc2nccc(Oc3ccc4c(ccn4C(=O)CCCCCl)c3)c2cc1C(N)=O. The van der Waals surface area contributed by atoms with E-state index in [2.05, 4.69) is 4.98 Å². The number of amides is 1. The fourth-order valence-corrected chi connectivity index (χ4v) is 3.81. The van der Waals surface area contributed by atoms with Gasteiger partial charge in [0.05, 0.1) is 23.7 Å². The number of primary amides is 1. The summed E-state index contributed by atoms with van der Waals surface area (Å²) in [4.78, 5) is 28.6. The quantitative estimate of drug-likeness (QED) is 0.295. The van der Waals surface area contributed by atoms with Gasteiger partial charge in [-0.2, -0.15) is 0 Å². The van der Waals surface area contributed by atoms with E-state index in [9.17, 15) is 9.59 Å². The van der Waals surface area contributed by atoms with E-state index in [4.69, 9.17) is 26.8 Å². The lowest BCUT2D eigenvalue weighted by Gasteiger charge is -2.12. The summed E-state index contributed by atoms with van der Waals surface area (Å²) in [5.41, 5.74) is 7.17. The fraction of sp³-hybridized carbons (Fsp3) is 0.208. The molecule has 0 radical (unpaired) electrons. The number of nitrogens with zero attached hydrogens (tertiary/aromatic N) is 2. The third kappa shape index (κ3) is 4.24. The van der Waals surface area contributed by atoms with Crippen molar-refractivity contribution in [2.75, 3.05) is 13.0 Å². The van der Waals surface area contributed by atoms with Gasteiger partial charge in [0.15, 0.2) is 0 Å². The van der Waals surface area contributed by atoms with Crippen LogP contribution in [0.4, 0.5) is 0 Å². The molecule has 4 rings (SSSR count). The summed E-state index contributed by atoms with van der Waals surface area (Å²) in [6.45, 7) is 0. The number of nitrogens with two attached hydrogens (primary N) is 1. The molecule has 0 aliphatic rings. The van der Waals surface area contributed by atoms with E-state index >= 15 is 0 Å². The van der Waals surface area contributed by atoms with Gasteiger partial charge in [-0.15, -0.1) is 11.6 Å². The molecule has 0 fully saturated rings. The van der Waals surface area contributed by atoms with Gasteiger partial charge in [0.2, 0.25) is 5.91 Å². The molecular weight excluding hydrogens is 430 g/mol. The van der Waals surface area contributed by atoms with Crippen LogP contribution in [-0.2, 0) is 0 Å². The van der Waals surface area contributed by atoms with Crippen molar-refractivity contribution < 1.29 is 19.1 Å². The number of halogens is 1. The largest absolute Gasteiger partial charge is 0.496 e. The number of carbonyl (C=O) groups is 2. The van der Waals surface area contributed by atoms with Gasteiger partial charge >= 0.3 is 0 Å². The van der Waals surface area contributed by atoms with Crippen LogP contribution in [0.25, 0.3) is 21.8 Å². The summed E-state index contributed by atoms with van der Waals surface area (Å²) in [5, 5.41) is 1.51. The first-order valence-corrected chi connectivity index (χ1v) is 10.7. The maximum atomic E-state index is 12.5. The lowest BCUT2D eigenvalue weighted by Crippen LogP contribution is -2.12. The molecule has 0 aliphatic carbocycles. The predicted octanol–water partition coefficient (Wildman–Crippen LogP) is 5.14. The Morgan fingerprint density at radius 2 is 1.94 bits per heavy atom. The average molecular weight is 452 g/mol. The predicted molar refractivity (Wildman–Crippen MR) is 124 cm³/mol. The highest BCUT2D eigenvalue weighted by Gasteiger charge is 2.15. The number of alkyl halides is 1. The number of unbranched alkanes of at least 4 members (excludes halogenated alkanes) is 1. The van der Waals surface area contributed by atoms with Gasteiger partial charge in [0.1, 0.15) is 17.2 Å². The highest BCUT2D eigenvalue weighted by atomic mass is 35.5. The molecule has 4 aromatic rings. The average Bonchev–Trinajstić information content (AvgIpc) is 3.21. The second-order valence-corrected chi connectivity index (χ2v) is 7.67. The van der Waals surface area contributed by atoms with E-state index in [0.717, 1.165) is 23.7 Å². The molecule has 8 heteroatoms. The number of aromatic nitrogens is 2. The van der Waals surface area contributed by atoms with Crippen LogP contribution >= 0.6 is 11.6 Å². The van der Waals surface area contributed by atoms with Crippen LogP contribution in [-0.4, -0.2) is 34.4 Å². The molecule has 2 aromatic heterocycles. The zero-order valence-electron chi connectivity index (χ0n) is 17.5. The lowest BCUT2D eigenvalue weighted by atomic mass is 10.1. The number of rotatable bonds is 8. The van der Waals surface area contributed by atoms with Crippen LogP contribution in [0.5, 0.6) is 17.2 Å². The number of methoxy groups -OCH3 is 1. The van der Waals surface area contributed by atoms with Crippen molar-refractivity contribution >= 4 is 45.2 Å². The molecule has 0 saturated carbocycles. The number of hydrogen-bond donors (Lipinski definition) is 1. The molecule has 0 saturated heterocycles. The Morgan fingerprint density at radius 1 is 1.09 bits per heavy atom. The number of hydrogen-bond acceptors (Lipinski definition) is 5. The van der Waals surface area contributed by atoms with E-state index in [1.807, 2.05) is 18.2 Å². The topological polar surface area (TPSA) is 96.4 Å². The van der Waals surface area contributed by atoms with Crippen LogP contribution < -0.4 is 15.2 Å². The minimum atomic E-state index is -0.600. The molecule has 0 atom stereocenters. The minimum absolute atomic E-state index is 0.0341. The second kappa shape index (κ2) is 9.28. The van der Waals surface area contributed by atoms with E-state index in [1.165, 1.54) is 7.11 Å². The summed E-state index contributed by atoms with van der Waals surface area (Å²) < 4.78 is 13.0. The van der Waals surface area contributed by atoms with Gasteiger partial charge in [-0.05, 0) is 49.2 Å². The standard InChI is InChI=1S/C24H22ClN3O4/c1-31-22-14-19-17(13-18(22)24(26)30)21(7-10-27-19)32-16-5-6-20-15(12-16)8-11-28(20)23(29)4-2-3-9-25/h5-8,10-14H,2-4,9H2,1H3,(H2,26,30). The number of carbonyl (C=O) groups excluding carboxylic acids is 2. The summed E-state index contributed by atoms with van der Waals surface area (Å²) in [6.07, 6.45) is 5.41. The molecule has 0 spiro atoms. The molecule has 2 heterocycles. The Labute approximate surface area is 189 Å². The normalized spacial score (nSPS) is 11.1. The number of ether oxygens (including phenoxy) is 2. The van der Waals surface area contributed by atoms with Gasteiger partial charge in [-0.3, -0.25) is 19.1 Å². The Kier molecular flexibility index (Phi) is 6.28. The molecule has 2 N–H and O–H groups in total. The minimum Gasteiger partial charge on any atom is -0.496 e. The molecule has 0 bridgehead atoms. The van der Waals surface area contributed by atoms with Gasteiger partial charge in [-0.25, -0.2) is 0 Å².